The molecule has 0 aliphatic carbocycles. The lowest BCUT2D eigenvalue weighted by Crippen LogP contribution is -2.11. The number of phenolic OH excluding ortho intramolecular Hbond substituents is 1. The number of methoxy groups -OCH3 is 1. The van der Waals surface area contributed by atoms with E-state index < -0.39 is 0 Å². The Morgan fingerprint density at radius 2 is 1.84 bits per heavy atom. The maximum Gasteiger partial charge on any atom is 0.255 e. The van der Waals surface area contributed by atoms with Crippen LogP contribution in [-0.4, -0.2) is 43.3 Å². The number of fused-ring (bicyclic) bond motifs is 1. The van der Waals surface area contributed by atoms with Gasteiger partial charge in [0.1, 0.15) is 11.6 Å². The molecule has 0 unspecified atom stereocenters. The molecular formula is C29H22N6O3. The van der Waals surface area contributed by atoms with E-state index in [4.69, 9.17) is 4.74 Å². The smallest absolute Gasteiger partial charge is 0.255 e. The molecule has 0 aliphatic rings. The fourth-order valence-electron chi connectivity index (χ4n) is 4.33. The zero-order valence-electron chi connectivity index (χ0n) is 20.3. The fraction of sp³-hybridized carbons (Fsp3) is 0.0345. The summed E-state index contributed by atoms with van der Waals surface area (Å²) in [7, 11) is 1.57. The van der Waals surface area contributed by atoms with E-state index in [9.17, 15) is 9.90 Å². The van der Waals surface area contributed by atoms with E-state index in [1.807, 2.05) is 48.5 Å². The highest BCUT2D eigenvalue weighted by molar-refractivity contribution is 6.06. The van der Waals surface area contributed by atoms with E-state index in [1.165, 1.54) is 0 Å². The van der Waals surface area contributed by atoms with Crippen molar-refractivity contribution in [3.05, 3.63) is 96.8 Å². The summed E-state index contributed by atoms with van der Waals surface area (Å²) < 4.78 is 5.39. The van der Waals surface area contributed by atoms with Crippen molar-refractivity contribution in [1.29, 1.82) is 0 Å². The van der Waals surface area contributed by atoms with Crippen LogP contribution in [0.1, 0.15) is 10.4 Å². The summed E-state index contributed by atoms with van der Waals surface area (Å²) in [4.78, 5) is 25.2. The number of imidazole rings is 1. The molecule has 0 fully saturated rings. The van der Waals surface area contributed by atoms with Crippen LogP contribution in [0.25, 0.3) is 44.8 Å². The molecule has 6 aromatic rings. The molecule has 6 rings (SSSR count). The summed E-state index contributed by atoms with van der Waals surface area (Å²) in [6, 6.07) is 23.6. The van der Waals surface area contributed by atoms with Crippen molar-refractivity contribution in [3.8, 4) is 45.4 Å². The zero-order valence-corrected chi connectivity index (χ0v) is 20.3. The van der Waals surface area contributed by atoms with Crippen molar-refractivity contribution in [2.24, 2.45) is 0 Å². The number of H-pyrrole nitrogens is 2. The molecule has 3 aromatic heterocycles. The maximum atomic E-state index is 13.0. The minimum absolute atomic E-state index is 0.0748. The lowest BCUT2D eigenvalue weighted by molar-refractivity contribution is 0.102. The number of nitrogens with zero attached hydrogens (tertiary/aromatic N) is 3. The van der Waals surface area contributed by atoms with Gasteiger partial charge in [0.15, 0.2) is 0 Å². The quantitative estimate of drug-likeness (QED) is 0.233. The molecule has 3 aromatic carbocycles. The Balaban J connectivity index is 1.29. The lowest BCUT2D eigenvalue weighted by atomic mass is 10.0. The van der Waals surface area contributed by atoms with Crippen LogP contribution in [0.2, 0.25) is 0 Å². The number of rotatable bonds is 6. The van der Waals surface area contributed by atoms with Gasteiger partial charge < -0.3 is 20.1 Å². The van der Waals surface area contributed by atoms with Gasteiger partial charge in [-0.2, -0.15) is 5.10 Å². The minimum atomic E-state index is -0.258. The maximum absolute atomic E-state index is 13.0. The van der Waals surface area contributed by atoms with Gasteiger partial charge in [0.25, 0.3) is 5.91 Å². The average molecular weight is 503 g/mol. The first-order valence-corrected chi connectivity index (χ1v) is 11.8. The predicted molar refractivity (Wildman–Crippen MR) is 145 cm³/mol. The highest BCUT2D eigenvalue weighted by Gasteiger charge is 2.15. The number of aromatic amines is 2. The molecule has 1 amide bonds. The number of pyridine rings is 1. The van der Waals surface area contributed by atoms with Gasteiger partial charge in [0.05, 0.1) is 29.4 Å². The highest BCUT2D eigenvalue weighted by atomic mass is 16.5. The van der Waals surface area contributed by atoms with Crippen LogP contribution < -0.4 is 10.1 Å². The van der Waals surface area contributed by atoms with Crippen LogP contribution in [0.3, 0.4) is 0 Å². The largest absolute Gasteiger partial charge is 0.507 e. The zero-order chi connectivity index (χ0) is 26.1. The summed E-state index contributed by atoms with van der Waals surface area (Å²) in [6.07, 6.45) is 3.34. The van der Waals surface area contributed by atoms with Gasteiger partial charge in [-0.15, -0.1) is 0 Å². The Labute approximate surface area is 217 Å². The Hall–Kier alpha value is -5.44. The number of benzene rings is 3. The van der Waals surface area contributed by atoms with Crippen molar-refractivity contribution in [2.45, 2.75) is 0 Å². The molecule has 186 valence electrons. The first-order valence-electron chi connectivity index (χ1n) is 11.8. The summed E-state index contributed by atoms with van der Waals surface area (Å²) in [5.74, 6) is 0.782. The Morgan fingerprint density at radius 3 is 2.68 bits per heavy atom. The van der Waals surface area contributed by atoms with Gasteiger partial charge >= 0.3 is 0 Å². The third-order valence-corrected chi connectivity index (χ3v) is 6.20. The van der Waals surface area contributed by atoms with E-state index in [0.29, 0.717) is 34.0 Å². The van der Waals surface area contributed by atoms with Gasteiger partial charge in [0.2, 0.25) is 5.88 Å². The van der Waals surface area contributed by atoms with Crippen LogP contribution >= 0.6 is 0 Å². The fourth-order valence-corrected chi connectivity index (χ4v) is 4.33. The number of carbonyl (C=O) groups excluding carboxylic acids is 1. The number of hydrogen-bond acceptors (Lipinski definition) is 6. The Bertz CT molecular complexity index is 1780. The van der Waals surface area contributed by atoms with Crippen LogP contribution in [0, 0.1) is 0 Å². The molecule has 3 heterocycles. The summed E-state index contributed by atoms with van der Waals surface area (Å²) >= 11 is 0. The monoisotopic (exact) mass is 502 g/mol. The second-order valence-corrected chi connectivity index (χ2v) is 8.61. The SMILES string of the molecule is COc1ncccc1-c1ccc(O)c(-c2nc3cc(C(=O)Nc4cccc(-c5ccn[nH]5)c4)ccc3[nH]2)c1. The number of aromatic hydroxyl groups is 1. The molecular weight excluding hydrogens is 480 g/mol. The Morgan fingerprint density at radius 1 is 0.921 bits per heavy atom. The molecule has 0 spiro atoms. The molecule has 0 saturated carbocycles. The number of hydrogen-bond donors (Lipinski definition) is 4. The third-order valence-electron chi connectivity index (χ3n) is 6.20. The number of amides is 1. The first-order chi connectivity index (χ1) is 18.6. The van der Waals surface area contributed by atoms with Gasteiger partial charge in [-0.1, -0.05) is 18.2 Å². The van der Waals surface area contributed by atoms with E-state index in [2.05, 4.69) is 30.5 Å². The molecule has 9 nitrogen and oxygen atoms in total. The summed E-state index contributed by atoms with van der Waals surface area (Å²) in [6.45, 7) is 0. The van der Waals surface area contributed by atoms with E-state index in [-0.39, 0.29) is 11.7 Å². The molecule has 0 saturated heterocycles. The van der Waals surface area contributed by atoms with E-state index >= 15 is 0 Å². The van der Waals surface area contributed by atoms with Crippen molar-refractivity contribution in [3.63, 3.8) is 0 Å². The topological polar surface area (TPSA) is 129 Å². The number of anilines is 1. The van der Waals surface area contributed by atoms with Crippen LogP contribution in [-0.2, 0) is 0 Å². The molecule has 9 heteroatoms. The summed E-state index contributed by atoms with van der Waals surface area (Å²) in [5, 5.41) is 20.4. The second-order valence-electron chi connectivity index (χ2n) is 8.61. The minimum Gasteiger partial charge on any atom is -0.507 e. The number of ether oxygens (including phenoxy) is 1. The van der Waals surface area contributed by atoms with Crippen molar-refractivity contribution in [2.75, 3.05) is 12.4 Å². The first kappa shape index (κ1) is 23.0. The lowest BCUT2D eigenvalue weighted by Gasteiger charge is -2.09. The average Bonchev–Trinajstić information content (AvgIpc) is 3.64. The Kier molecular flexibility index (Phi) is 5.78. The molecule has 0 atom stereocenters. The number of carbonyl (C=O) groups is 1. The molecule has 4 N–H and O–H groups in total. The number of nitrogens with one attached hydrogen (secondary N) is 3. The van der Waals surface area contributed by atoms with Gasteiger partial charge in [-0.25, -0.2) is 9.97 Å². The van der Waals surface area contributed by atoms with Crippen LogP contribution in [0.15, 0.2) is 91.3 Å². The predicted octanol–water partition coefficient (Wildman–Crippen LogP) is 5.65. The molecule has 0 aliphatic heterocycles. The molecule has 0 radical (unpaired) electrons. The van der Waals surface area contributed by atoms with Gasteiger partial charge in [0, 0.05) is 34.8 Å². The third kappa shape index (κ3) is 4.33. The van der Waals surface area contributed by atoms with Crippen LogP contribution in [0.4, 0.5) is 5.69 Å². The van der Waals surface area contributed by atoms with Crippen molar-refractivity contribution in [1.82, 2.24) is 25.1 Å². The van der Waals surface area contributed by atoms with E-state index in [0.717, 1.165) is 27.9 Å². The molecule has 0 bridgehead atoms. The summed E-state index contributed by atoms with van der Waals surface area (Å²) in [5.41, 5.74) is 6.37. The second kappa shape index (κ2) is 9.55. The standard InChI is InChI=1S/C29H22N6O3/c1-38-29-21(6-3-12-30-29)17-8-10-26(36)22(15-17)27-33-24-9-7-19(16-25(24)34-27)28(37)32-20-5-2-4-18(14-20)23-11-13-31-35-23/h2-16,36H,1H3,(H,31,35)(H,32,37)(H,33,34). The van der Waals surface area contributed by atoms with Gasteiger partial charge in [-0.3, -0.25) is 9.89 Å². The van der Waals surface area contributed by atoms with Gasteiger partial charge in [-0.05, 0) is 66.2 Å². The number of phenols is 1. The number of aromatic nitrogens is 5. The van der Waals surface area contributed by atoms with Crippen molar-refractivity contribution < 1.29 is 14.6 Å². The molecule has 38 heavy (non-hydrogen) atoms. The highest BCUT2D eigenvalue weighted by Crippen LogP contribution is 2.35. The normalized spacial score (nSPS) is 11.0. The van der Waals surface area contributed by atoms with E-state index in [1.54, 1.807) is 49.8 Å². The van der Waals surface area contributed by atoms with Crippen LogP contribution in [0.5, 0.6) is 11.6 Å². The van der Waals surface area contributed by atoms with Crippen molar-refractivity contribution >= 4 is 22.6 Å².